The zero-order valence-corrected chi connectivity index (χ0v) is 12.0. The predicted octanol–water partition coefficient (Wildman–Crippen LogP) is 4.19. The van der Waals surface area contributed by atoms with Crippen LogP contribution in [0.5, 0.6) is 0 Å². The van der Waals surface area contributed by atoms with Crippen molar-refractivity contribution in [3.05, 3.63) is 66.1 Å². The summed E-state index contributed by atoms with van der Waals surface area (Å²) in [7, 11) is 0. The molecule has 4 aromatic rings. The molecule has 0 bridgehead atoms. The number of nitrogens with zero attached hydrogens (tertiary/aromatic N) is 3. The van der Waals surface area contributed by atoms with E-state index in [9.17, 15) is 0 Å². The zero-order valence-electron chi connectivity index (χ0n) is 12.0. The van der Waals surface area contributed by atoms with Crippen molar-refractivity contribution in [1.29, 1.82) is 0 Å². The van der Waals surface area contributed by atoms with Gasteiger partial charge in [0, 0.05) is 17.0 Å². The highest BCUT2D eigenvalue weighted by atomic mass is 15.1. The van der Waals surface area contributed by atoms with Gasteiger partial charge in [0.05, 0.1) is 11.0 Å². The Kier molecular flexibility index (Phi) is 2.54. The highest BCUT2D eigenvalue weighted by Crippen LogP contribution is 2.33. The number of hydrogen-bond acceptors (Lipinski definition) is 2. The van der Waals surface area contributed by atoms with Crippen molar-refractivity contribution < 1.29 is 0 Å². The summed E-state index contributed by atoms with van der Waals surface area (Å²) in [6.07, 6.45) is 3.38. The second-order valence-corrected chi connectivity index (χ2v) is 5.40. The van der Waals surface area contributed by atoms with Crippen LogP contribution in [0.15, 0.2) is 55.0 Å². The molecule has 0 aliphatic rings. The Morgan fingerprint density at radius 3 is 2.62 bits per heavy atom. The lowest BCUT2D eigenvalue weighted by Crippen LogP contribution is -1.98. The second-order valence-electron chi connectivity index (χ2n) is 5.40. The number of fused-ring (bicyclic) bond motifs is 3. The van der Waals surface area contributed by atoms with Crippen LogP contribution in [-0.2, 0) is 0 Å². The van der Waals surface area contributed by atoms with E-state index in [1.54, 1.807) is 12.5 Å². The number of rotatable bonds is 1. The summed E-state index contributed by atoms with van der Waals surface area (Å²) in [6.45, 7) is 4.30. The van der Waals surface area contributed by atoms with Crippen molar-refractivity contribution in [2.24, 2.45) is 0 Å². The number of aromatic nitrogens is 3. The quantitative estimate of drug-likeness (QED) is 0.520. The SMILES string of the molecule is Cc1cc(C)c2c(c1)c1ccccc1n2-c1ccncn1. The van der Waals surface area contributed by atoms with Crippen LogP contribution >= 0.6 is 0 Å². The molecule has 4 rings (SSSR count). The van der Waals surface area contributed by atoms with Crippen LogP contribution in [0.4, 0.5) is 0 Å². The Labute approximate surface area is 122 Å². The standard InChI is InChI=1S/C18H15N3/c1-12-9-13(2)18-15(10-12)14-5-3-4-6-16(14)21(18)17-7-8-19-11-20-17/h3-11H,1-2H3. The number of benzene rings is 2. The molecule has 0 atom stereocenters. The molecule has 0 N–H and O–H groups in total. The van der Waals surface area contributed by atoms with E-state index in [2.05, 4.69) is 64.8 Å². The van der Waals surface area contributed by atoms with Gasteiger partial charge >= 0.3 is 0 Å². The second kappa shape index (κ2) is 4.42. The van der Waals surface area contributed by atoms with Gasteiger partial charge in [0.1, 0.15) is 12.1 Å². The van der Waals surface area contributed by atoms with Gasteiger partial charge in [-0.25, -0.2) is 9.97 Å². The first-order valence-electron chi connectivity index (χ1n) is 7.02. The summed E-state index contributed by atoms with van der Waals surface area (Å²) in [4.78, 5) is 8.46. The molecule has 3 nitrogen and oxygen atoms in total. The first kappa shape index (κ1) is 12.1. The van der Waals surface area contributed by atoms with Crippen molar-refractivity contribution in [3.8, 4) is 5.82 Å². The fourth-order valence-corrected chi connectivity index (χ4v) is 3.13. The summed E-state index contributed by atoms with van der Waals surface area (Å²) in [5.74, 6) is 0.906. The molecule has 0 aliphatic carbocycles. The summed E-state index contributed by atoms with van der Waals surface area (Å²) in [5, 5.41) is 2.54. The van der Waals surface area contributed by atoms with Crippen molar-refractivity contribution in [2.75, 3.05) is 0 Å². The van der Waals surface area contributed by atoms with Gasteiger partial charge in [-0.3, -0.25) is 4.57 Å². The van der Waals surface area contributed by atoms with Crippen LogP contribution in [-0.4, -0.2) is 14.5 Å². The minimum Gasteiger partial charge on any atom is -0.293 e. The van der Waals surface area contributed by atoms with Crippen LogP contribution in [0.3, 0.4) is 0 Å². The van der Waals surface area contributed by atoms with E-state index < -0.39 is 0 Å². The zero-order chi connectivity index (χ0) is 14.4. The number of hydrogen-bond donors (Lipinski definition) is 0. The molecular weight excluding hydrogens is 258 g/mol. The molecule has 102 valence electrons. The van der Waals surface area contributed by atoms with Crippen LogP contribution < -0.4 is 0 Å². The van der Waals surface area contributed by atoms with Gasteiger partial charge < -0.3 is 0 Å². The average molecular weight is 273 g/mol. The molecule has 3 heteroatoms. The molecule has 21 heavy (non-hydrogen) atoms. The summed E-state index contributed by atoms with van der Waals surface area (Å²) >= 11 is 0. The summed E-state index contributed by atoms with van der Waals surface area (Å²) in [6, 6.07) is 14.9. The van der Waals surface area contributed by atoms with Gasteiger partial charge in [0.2, 0.25) is 0 Å². The van der Waals surface area contributed by atoms with Gasteiger partial charge in [-0.05, 0) is 37.6 Å². The molecule has 0 saturated carbocycles. The molecule has 0 radical (unpaired) electrons. The smallest absolute Gasteiger partial charge is 0.140 e. The van der Waals surface area contributed by atoms with Gasteiger partial charge in [0.15, 0.2) is 0 Å². The third-order valence-corrected chi connectivity index (χ3v) is 3.90. The summed E-state index contributed by atoms with van der Waals surface area (Å²) in [5.41, 5.74) is 4.95. The molecular formula is C18H15N3. The molecule has 0 unspecified atom stereocenters. The number of aryl methyl sites for hydroxylation is 2. The maximum Gasteiger partial charge on any atom is 0.140 e. The maximum atomic E-state index is 4.44. The lowest BCUT2D eigenvalue weighted by Gasteiger charge is -2.08. The van der Waals surface area contributed by atoms with Gasteiger partial charge in [-0.2, -0.15) is 0 Å². The van der Waals surface area contributed by atoms with E-state index in [0.29, 0.717) is 0 Å². The van der Waals surface area contributed by atoms with E-state index >= 15 is 0 Å². The normalized spacial score (nSPS) is 11.3. The first-order valence-corrected chi connectivity index (χ1v) is 7.02. The minimum atomic E-state index is 0.906. The molecule has 2 aromatic heterocycles. The van der Waals surface area contributed by atoms with Crippen molar-refractivity contribution >= 4 is 21.8 Å². The van der Waals surface area contributed by atoms with E-state index in [0.717, 1.165) is 5.82 Å². The van der Waals surface area contributed by atoms with Crippen molar-refractivity contribution in [2.45, 2.75) is 13.8 Å². The third kappa shape index (κ3) is 1.74. The molecule has 0 spiro atoms. The fraction of sp³-hybridized carbons (Fsp3) is 0.111. The predicted molar refractivity (Wildman–Crippen MR) is 85.8 cm³/mol. The Balaban J connectivity index is 2.27. The van der Waals surface area contributed by atoms with E-state index in [1.165, 1.54) is 32.9 Å². The molecule has 0 amide bonds. The number of para-hydroxylation sites is 1. The highest BCUT2D eigenvalue weighted by molar-refractivity contribution is 6.10. The lowest BCUT2D eigenvalue weighted by atomic mass is 10.1. The van der Waals surface area contributed by atoms with Gasteiger partial charge in [-0.1, -0.05) is 29.8 Å². The van der Waals surface area contributed by atoms with Crippen LogP contribution in [0.1, 0.15) is 11.1 Å². The molecule has 0 fully saturated rings. The average Bonchev–Trinajstić information content (AvgIpc) is 2.83. The van der Waals surface area contributed by atoms with Crippen LogP contribution in [0.2, 0.25) is 0 Å². The van der Waals surface area contributed by atoms with Gasteiger partial charge in [-0.15, -0.1) is 0 Å². The van der Waals surface area contributed by atoms with Crippen LogP contribution in [0, 0.1) is 13.8 Å². The largest absolute Gasteiger partial charge is 0.293 e. The Morgan fingerprint density at radius 1 is 0.952 bits per heavy atom. The van der Waals surface area contributed by atoms with Crippen LogP contribution in [0.25, 0.3) is 27.6 Å². The molecule has 2 heterocycles. The highest BCUT2D eigenvalue weighted by Gasteiger charge is 2.14. The topological polar surface area (TPSA) is 30.7 Å². The fourth-order valence-electron chi connectivity index (χ4n) is 3.13. The lowest BCUT2D eigenvalue weighted by molar-refractivity contribution is 1.03. The van der Waals surface area contributed by atoms with E-state index in [1.807, 2.05) is 6.07 Å². The Hall–Kier alpha value is -2.68. The van der Waals surface area contributed by atoms with Crippen molar-refractivity contribution in [3.63, 3.8) is 0 Å². The Morgan fingerprint density at radius 2 is 1.81 bits per heavy atom. The van der Waals surface area contributed by atoms with Crippen molar-refractivity contribution in [1.82, 2.24) is 14.5 Å². The minimum absolute atomic E-state index is 0.906. The molecule has 0 aliphatic heterocycles. The van der Waals surface area contributed by atoms with Gasteiger partial charge in [0.25, 0.3) is 0 Å². The summed E-state index contributed by atoms with van der Waals surface area (Å²) < 4.78 is 2.22. The van der Waals surface area contributed by atoms with E-state index in [-0.39, 0.29) is 0 Å². The molecule has 0 saturated heterocycles. The Bertz CT molecular complexity index is 952. The monoisotopic (exact) mass is 273 g/mol. The molecule has 2 aromatic carbocycles. The third-order valence-electron chi connectivity index (χ3n) is 3.90. The first-order chi connectivity index (χ1) is 10.3. The van der Waals surface area contributed by atoms with E-state index in [4.69, 9.17) is 0 Å². The maximum absolute atomic E-state index is 4.44.